The number of carbonyl (C=O) groups excluding carboxylic acids is 1. The van der Waals surface area contributed by atoms with E-state index in [1.807, 2.05) is 30.3 Å². The van der Waals surface area contributed by atoms with Crippen LogP contribution in [0.1, 0.15) is 36.2 Å². The van der Waals surface area contributed by atoms with E-state index in [1.165, 1.54) is 0 Å². The molecule has 0 radical (unpaired) electrons. The summed E-state index contributed by atoms with van der Waals surface area (Å²) >= 11 is 1.60. The number of allylic oxidation sites excluding steroid dienone is 1. The molecule has 1 fully saturated rings. The summed E-state index contributed by atoms with van der Waals surface area (Å²) in [5, 5.41) is 4.02. The lowest BCUT2D eigenvalue weighted by Gasteiger charge is -2.33. The van der Waals surface area contributed by atoms with Crippen molar-refractivity contribution in [1.82, 2.24) is 15.1 Å². The highest BCUT2D eigenvalue weighted by Gasteiger charge is 2.24. The quantitative estimate of drug-likeness (QED) is 0.503. The van der Waals surface area contributed by atoms with E-state index in [0.29, 0.717) is 12.1 Å². The number of likely N-dealkylation sites (N-methyl/N-ethyl adjacent to an activating group) is 1. The summed E-state index contributed by atoms with van der Waals surface area (Å²) in [6, 6.07) is 13.9. The van der Waals surface area contributed by atoms with Gasteiger partial charge >= 0.3 is 0 Å². The van der Waals surface area contributed by atoms with E-state index < -0.39 is 0 Å². The van der Waals surface area contributed by atoms with E-state index in [1.54, 1.807) is 18.9 Å². The number of ether oxygens (including phenoxy) is 1. The molecule has 0 atom stereocenters. The van der Waals surface area contributed by atoms with Crippen LogP contribution in [0.3, 0.4) is 0 Å². The fraction of sp³-hybridized carbons (Fsp3) is 0.393. The lowest BCUT2D eigenvalue weighted by atomic mass is 10.1. The molecular formula is C28H36N4O2S. The Morgan fingerprint density at radius 1 is 1.09 bits per heavy atom. The normalized spacial score (nSPS) is 16.9. The lowest BCUT2D eigenvalue weighted by Crippen LogP contribution is -2.46. The van der Waals surface area contributed by atoms with Gasteiger partial charge in [-0.15, -0.1) is 0 Å². The molecule has 2 aromatic carbocycles. The number of amides is 1. The van der Waals surface area contributed by atoms with Crippen LogP contribution in [0.25, 0.3) is 5.57 Å². The lowest BCUT2D eigenvalue weighted by molar-refractivity contribution is 0.0948. The fourth-order valence-corrected chi connectivity index (χ4v) is 5.41. The van der Waals surface area contributed by atoms with E-state index in [-0.39, 0.29) is 5.91 Å². The number of rotatable bonds is 9. The zero-order valence-electron chi connectivity index (χ0n) is 21.0. The van der Waals surface area contributed by atoms with Crippen molar-refractivity contribution in [3.05, 3.63) is 71.4 Å². The Balaban J connectivity index is 1.32. The molecule has 0 bridgehead atoms. The summed E-state index contributed by atoms with van der Waals surface area (Å²) < 4.78 is 5.26. The van der Waals surface area contributed by atoms with Crippen LogP contribution in [-0.2, 0) is 0 Å². The maximum absolute atomic E-state index is 12.8. The first kappa shape index (κ1) is 25.4. The number of nitrogens with one attached hydrogen (secondary N) is 1. The first-order valence-electron chi connectivity index (χ1n) is 12.3. The van der Waals surface area contributed by atoms with Crippen molar-refractivity contribution in [3.63, 3.8) is 0 Å². The standard InChI is InChI=1S/C28H36N4O2S/c1-5-30-15-17-31(18-16-30)14-6-13-29-28(33)24-9-12-26-27(19-24)35-22(3)32(26)20-21(2)23-7-10-25(34-4)11-8-23/h7-12,19-20H,3,5-6,13-18H2,1-2,4H3,(H,29,33)/b21-20+. The Labute approximate surface area is 213 Å². The number of thioether (sulfide) groups is 1. The third-order valence-corrected chi connectivity index (χ3v) is 7.67. The SMILES string of the molecule is C=C1Sc2cc(C(=O)NCCCN3CCN(CC)CC3)ccc2N1/C=C(\C)c1ccc(OC)cc1. The van der Waals surface area contributed by atoms with Gasteiger partial charge in [0.1, 0.15) is 5.75 Å². The maximum Gasteiger partial charge on any atom is 0.251 e. The van der Waals surface area contributed by atoms with Gasteiger partial charge in [0.15, 0.2) is 0 Å². The molecule has 6 nitrogen and oxygen atoms in total. The number of hydrogen-bond donors (Lipinski definition) is 1. The molecule has 0 spiro atoms. The Bertz CT molecular complexity index is 1070. The van der Waals surface area contributed by atoms with Crippen molar-refractivity contribution in [2.24, 2.45) is 0 Å². The zero-order valence-corrected chi connectivity index (χ0v) is 21.9. The third kappa shape index (κ3) is 6.28. The predicted octanol–water partition coefficient (Wildman–Crippen LogP) is 4.90. The van der Waals surface area contributed by atoms with Crippen LogP contribution in [0.2, 0.25) is 0 Å². The predicted molar refractivity (Wildman–Crippen MR) is 146 cm³/mol. The van der Waals surface area contributed by atoms with Gasteiger partial charge in [0, 0.05) is 49.4 Å². The Kier molecular flexibility index (Phi) is 8.55. The molecule has 0 aromatic heterocycles. The number of nitrogens with zero attached hydrogens (tertiary/aromatic N) is 3. The molecule has 1 N–H and O–H groups in total. The van der Waals surface area contributed by atoms with Crippen LogP contribution in [0, 0.1) is 0 Å². The van der Waals surface area contributed by atoms with Crippen molar-refractivity contribution in [1.29, 1.82) is 0 Å². The zero-order chi connectivity index (χ0) is 24.8. The van der Waals surface area contributed by atoms with E-state index in [4.69, 9.17) is 4.74 Å². The van der Waals surface area contributed by atoms with Crippen LogP contribution < -0.4 is 15.0 Å². The molecule has 186 valence electrons. The fourth-order valence-electron chi connectivity index (χ4n) is 4.45. The monoisotopic (exact) mass is 492 g/mol. The molecule has 35 heavy (non-hydrogen) atoms. The molecule has 1 amide bonds. The van der Waals surface area contributed by atoms with Gasteiger partial charge in [-0.05, 0) is 67.9 Å². The molecule has 2 aliphatic heterocycles. The van der Waals surface area contributed by atoms with Crippen LogP contribution in [-0.4, -0.2) is 68.6 Å². The van der Waals surface area contributed by atoms with Gasteiger partial charge in [0.05, 0.1) is 17.8 Å². The second kappa shape index (κ2) is 11.8. The van der Waals surface area contributed by atoms with E-state index in [0.717, 1.165) is 78.2 Å². The summed E-state index contributed by atoms with van der Waals surface area (Å²) in [6.07, 6.45) is 3.07. The summed E-state index contributed by atoms with van der Waals surface area (Å²) in [5.41, 5.74) is 3.99. The molecule has 4 rings (SSSR count). The molecular weight excluding hydrogens is 456 g/mol. The first-order chi connectivity index (χ1) is 17.0. The molecule has 2 aliphatic rings. The van der Waals surface area contributed by atoms with E-state index in [9.17, 15) is 4.79 Å². The van der Waals surface area contributed by atoms with Crippen molar-refractivity contribution >= 4 is 28.9 Å². The van der Waals surface area contributed by atoms with Crippen molar-refractivity contribution in [2.75, 3.05) is 57.8 Å². The van der Waals surface area contributed by atoms with E-state index in [2.05, 4.69) is 58.8 Å². The smallest absolute Gasteiger partial charge is 0.251 e. The van der Waals surface area contributed by atoms with Crippen LogP contribution in [0.5, 0.6) is 5.75 Å². The van der Waals surface area contributed by atoms with Crippen molar-refractivity contribution in [3.8, 4) is 5.75 Å². The largest absolute Gasteiger partial charge is 0.497 e. The average molecular weight is 493 g/mol. The topological polar surface area (TPSA) is 48.1 Å². The van der Waals surface area contributed by atoms with Crippen LogP contribution >= 0.6 is 11.8 Å². The molecule has 1 saturated heterocycles. The summed E-state index contributed by atoms with van der Waals surface area (Å²) in [6.45, 7) is 15.9. The van der Waals surface area contributed by atoms with Crippen LogP contribution in [0.15, 0.2) is 65.2 Å². The van der Waals surface area contributed by atoms with Gasteiger partial charge in [-0.25, -0.2) is 0 Å². The van der Waals surface area contributed by atoms with Gasteiger partial charge in [0.25, 0.3) is 5.91 Å². The maximum atomic E-state index is 12.8. The van der Waals surface area contributed by atoms with Gasteiger partial charge in [-0.3, -0.25) is 4.79 Å². The molecule has 0 unspecified atom stereocenters. The minimum atomic E-state index is -0.0155. The number of benzene rings is 2. The van der Waals surface area contributed by atoms with E-state index >= 15 is 0 Å². The number of carbonyl (C=O) groups is 1. The third-order valence-electron chi connectivity index (χ3n) is 6.69. The summed E-state index contributed by atoms with van der Waals surface area (Å²) in [4.78, 5) is 20.9. The number of anilines is 1. The number of fused-ring (bicyclic) bond motifs is 1. The molecule has 7 heteroatoms. The summed E-state index contributed by atoms with van der Waals surface area (Å²) in [5.74, 6) is 0.826. The van der Waals surface area contributed by atoms with Gasteiger partial charge in [0.2, 0.25) is 0 Å². The number of piperazine rings is 1. The Hall–Kier alpha value is -2.74. The van der Waals surface area contributed by atoms with Gasteiger partial charge in [-0.1, -0.05) is 37.4 Å². The first-order valence-corrected chi connectivity index (χ1v) is 13.2. The summed E-state index contributed by atoms with van der Waals surface area (Å²) in [7, 11) is 1.67. The molecule has 0 saturated carbocycles. The Morgan fingerprint density at radius 2 is 1.77 bits per heavy atom. The van der Waals surface area contributed by atoms with Crippen molar-refractivity contribution in [2.45, 2.75) is 25.2 Å². The van der Waals surface area contributed by atoms with Crippen molar-refractivity contribution < 1.29 is 9.53 Å². The number of hydrogen-bond acceptors (Lipinski definition) is 6. The second-order valence-corrected chi connectivity index (χ2v) is 10.1. The Morgan fingerprint density at radius 3 is 2.46 bits per heavy atom. The van der Waals surface area contributed by atoms with Gasteiger partial charge in [-0.2, -0.15) is 0 Å². The average Bonchev–Trinajstić information content (AvgIpc) is 3.20. The highest BCUT2D eigenvalue weighted by Crippen LogP contribution is 2.46. The minimum Gasteiger partial charge on any atom is -0.497 e. The van der Waals surface area contributed by atoms with Gasteiger partial charge < -0.3 is 24.8 Å². The molecule has 2 aromatic rings. The highest BCUT2D eigenvalue weighted by atomic mass is 32.2. The molecule has 2 heterocycles. The molecule has 0 aliphatic carbocycles. The second-order valence-electron chi connectivity index (χ2n) is 8.97. The number of methoxy groups -OCH3 is 1. The van der Waals surface area contributed by atoms with Crippen LogP contribution in [0.4, 0.5) is 5.69 Å². The minimum absolute atomic E-state index is 0.0155. The highest BCUT2D eigenvalue weighted by molar-refractivity contribution is 8.03.